The van der Waals surface area contributed by atoms with E-state index in [9.17, 15) is 19.5 Å². The van der Waals surface area contributed by atoms with Gasteiger partial charge in [0.1, 0.15) is 17.4 Å². The highest BCUT2D eigenvalue weighted by atomic mass is 16.5. The number of Topliss-reactive ketones (excluding diaryl/α,β-unsaturated/α-hetero) is 2. The predicted octanol–water partition coefficient (Wildman–Crippen LogP) is 7.13. The molecule has 1 unspecified atom stereocenters. The molecule has 0 saturated heterocycles. The van der Waals surface area contributed by atoms with Crippen LogP contribution in [0, 0.1) is 28.6 Å². The van der Waals surface area contributed by atoms with E-state index in [1.54, 1.807) is 0 Å². The van der Waals surface area contributed by atoms with Crippen molar-refractivity contribution in [2.45, 2.75) is 105 Å². The summed E-state index contributed by atoms with van der Waals surface area (Å²) >= 11 is 0. The summed E-state index contributed by atoms with van der Waals surface area (Å²) in [5, 5.41) is 11.6. The van der Waals surface area contributed by atoms with E-state index in [-0.39, 0.29) is 51.8 Å². The van der Waals surface area contributed by atoms with Crippen LogP contribution in [0.4, 0.5) is 0 Å². The third-order valence-corrected chi connectivity index (χ3v) is 10.4. The molecule has 0 aromatic carbocycles. The minimum atomic E-state index is -0.698. The van der Waals surface area contributed by atoms with Gasteiger partial charge in [0.25, 0.3) is 0 Å². The molecule has 1 N–H and O–H groups in total. The highest BCUT2D eigenvalue weighted by Crippen LogP contribution is 2.66. The first-order chi connectivity index (χ1) is 17.3. The molecular weight excluding hydrogens is 464 g/mol. The number of hydrogen-bond donors (Lipinski definition) is 1. The van der Waals surface area contributed by atoms with E-state index in [0.29, 0.717) is 12.3 Å². The maximum atomic E-state index is 13.8. The summed E-state index contributed by atoms with van der Waals surface area (Å²) in [6, 6.07) is 0. The van der Waals surface area contributed by atoms with Gasteiger partial charge in [-0.3, -0.25) is 9.59 Å². The summed E-state index contributed by atoms with van der Waals surface area (Å²) in [6.07, 6.45) is 8.99. The predicted molar refractivity (Wildman–Crippen MR) is 145 cm³/mol. The normalized spacial score (nSPS) is 33.2. The lowest BCUT2D eigenvalue weighted by Gasteiger charge is -2.38. The third kappa shape index (κ3) is 4.46. The van der Waals surface area contributed by atoms with Gasteiger partial charge >= 0.3 is 5.97 Å². The molecule has 2 bridgehead atoms. The third-order valence-electron chi connectivity index (χ3n) is 10.4. The first-order valence-electron chi connectivity index (χ1n) is 14.1. The van der Waals surface area contributed by atoms with Crippen molar-refractivity contribution in [1.29, 1.82) is 0 Å². The van der Waals surface area contributed by atoms with Gasteiger partial charge in [0, 0.05) is 16.9 Å². The van der Waals surface area contributed by atoms with Gasteiger partial charge < -0.3 is 9.84 Å². The van der Waals surface area contributed by atoms with E-state index in [1.807, 2.05) is 19.9 Å². The van der Waals surface area contributed by atoms with E-state index in [2.05, 4.69) is 34.3 Å². The van der Waals surface area contributed by atoms with Gasteiger partial charge in [0.15, 0.2) is 0 Å². The number of carbonyl (C=O) groups excluding carboxylic acids is 3. The second kappa shape index (κ2) is 10.0. The monoisotopic (exact) mass is 508 g/mol. The van der Waals surface area contributed by atoms with E-state index in [1.165, 1.54) is 0 Å². The lowest BCUT2D eigenvalue weighted by atomic mass is 9.69. The molecule has 0 radical (unpaired) electrons. The Bertz CT molecular complexity index is 1120. The second-order valence-electron chi connectivity index (χ2n) is 12.8. The minimum absolute atomic E-state index is 0.0303. The van der Waals surface area contributed by atoms with Crippen molar-refractivity contribution in [1.82, 2.24) is 0 Å². The number of allylic oxidation sites excluding steroid dienone is 5. The molecule has 0 heterocycles. The molecule has 4 aliphatic rings. The number of fused-ring (bicyclic) bond motifs is 2. The molecule has 0 aromatic rings. The minimum Gasteiger partial charge on any atom is -0.507 e. The van der Waals surface area contributed by atoms with Crippen LogP contribution < -0.4 is 0 Å². The van der Waals surface area contributed by atoms with Gasteiger partial charge in [-0.15, -0.1) is 0 Å². The van der Waals surface area contributed by atoms with Crippen molar-refractivity contribution in [2.75, 3.05) is 0 Å². The van der Waals surface area contributed by atoms with Crippen LogP contribution in [0.2, 0.25) is 0 Å². The second-order valence-corrected chi connectivity index (χ2v) is 12.8. The van der Waals surface area contributed by atoms with Crippen LogP contribution in [0.5, 0.6) is 0 Å². The Morgan fingerprint density at radius 3 is 2.43 bits per heavy atom. The van der Waals surface area contributed by atoms with Gasteiger partial charge in [-0.25, -0.2) is 4.79 Å². The van der Waals surface area contributed by atoms with Crippen molar-refractivity contribution in [3.8, 4) is 0 Å². The summed E-state index contributed by atoms with van der Waals surface area (Å²) in [6.45, 7) is 16.8. The van der Waals surface area contributed by atoms with E-state index >= 15 is 0 Å². The standard InChI is InChI=1S/C32H44O5/c1-8-9-10-11-22-26(30(36)37-24-17-20-14-15-32(24,7)31(20,5)6)28(34)25(29(35)27(22)33)23-16-19(4)12-13-21(23)18(2)3/h16,20-21,23-24,34H,2,8-15,17H2,1,3-7H3/t20-,21-,23+,24?,32-/m0/s1. The van der Waals surface area contributed by atoms with Gasteiger partial charge in [-0.2, -0.15) is 0 Å². The van der Waals surface area contributed by atoms with Crippen LogP contribution in [0.15, 0.2) is 46.3 Å². The molecule has 5 atom stereocenters. The highest BCUT2D eigenvalue weighted by molar-refractivity contribution is 6.51. The number of aliphatic hydroxyl groups is 1. The van der Waals surface area contributed by atoms with Gasteiger partial charge in [-0.05, 0) is 76.0 Å². The van der Waals surface area contributed by atoms with Crippen LogP contribution in [0.25, 0.3) is 0 Å². The fourth-order valence-corrected chi connectivity index (χ4v) is 7.48. The number of carbonyl (C=O) groups is 3. The Balaban J connectivity index is 1.77. The van der Waals surface area contributed by atoms with Crippen LogP contribution in [0.3, 0.4) is 0 Å². The molecule has 0 aromatic heterocycles. The lowest BCUT2D eigenvalue weighted by Crippen LogP contribution is -2.40. The van der Waals surface area contributed by atoms with Crippen molar-refractivity contribution in [3.05, 3.63) is 46.3 Å². The molecule has 5 heteroatoms. The maximum absolute atomic E-state index is 13.8. The summed E-state index contributed by atoms with van der Waals surface area (Å²) in [7, 11) is 0. The SMILES string of the molecule is C=C(C)[C@@H]1CCC(C)=C[C@H]1C1=C(O)C(C(=O)OC2C[C@@H]3CC[C@]2(C)C3(C)C)=C(CCCCC)C(=O)C1=O. The maximum Gasteiger partial charge on any atom is 0.342 e. The Labute approximate surface area is 222 Å². The number of ether oxygens (including phenoxy) is 1. The molecule has 0 aliphatic heterocycles. The quantitative estimate of drug-likeness (QED) is 0.124. The van der Waals surface area contributed by atoms with Crippen molar-refractivity contribution >= 4 is 17.5 Å². The zero-order valence-corrected chi connectivity index (χ0v) is 23.5. The Morgan fingerprint density at radius 1 is 1.16 bits per heavy atom. The summed E-state index contributed by atoms with van der Waals surface area (Å²) in [4.78, 5) is 40.8. The number of hydrogen-bond acceptors (Lipinski definition) is 5. The molecule has 2 fully saturated rings. The van der Waals surface area contributed by atoms with E-state index < -0.39 is 23.5 Å². The zero-order valence-electron chi connectivity index (χ0n) is 23.5. The topological polar surface area (TPSA) is 80.7 Å². The molecule has 202 valence electrons. The first kappa shape index (κ1) is 27.6. The largest absolute Gasteiger partial charge is 0.507 e. The Hall–Kier alpha value is -2.43. The Kier molecular flexibility index (Phi) is 7.49. The molecule has 2 saturated carbocycles. The fraction of sp³-hybridized carbons (Fsp3) is 0.656. The van der Waals surface area contributed by atoms with Crippen LogP contribution in [-0.4, -0.2) is 28.7 Å². The zero-order chi connectivity index (χ0) is 27.3. The smallest absolute Gasteiger partial charge is 0.342 e. The highest BCUT2D eigenvalue weighted by Gasteiger charge is 2.63. The number of unbranched alkanes of at least 4 members (excludes halogenated alkanes) is 2. The molecule has 4 rings (SSSR count). The van der Waals surface area contributed by atoms with Gasteiger partial charge in [0.2, 0.25) is 11.6 Å². The summed E-state index contributed by atoms with van der Waals surface area (Å²) in [5.74, 6) is -2.49. The average molecular weight is 509 g/mol. The van der Waals surface area contributed by atoms with E-state index in [4.69, 9.17) is 4.74 Å². The van der Waals surface area contributed by atoms with Crippen LogP contribution in [0.1, 0.15) is 99.3 Å². The number of esters is 1. The molecule has 37 heavy (non-hydrogen) atoms. The number of rotatable bonds is 8. The molecular formula is C32H44O5. The van der Waals surface area contributed by atoms with Crippen LogP contribution in [-0.2, 0) is 19.1 Å². The van der Waals surface area contributed by atoms with Crippen LogP contribution >= 0.6 is 0 Å². The van der Waals surface area contributed by atoms with Crippen molar-refractivity contribution in [2.24, 2.45) is 28.6 Å². The average Bonchev–Trinajstić information content (AvgIpc) is 3.16. The molecule has 5 nitrogen and oxygen atoms in total. The molecule has 0 amide bonds. The summed E-state index contributed by atoms with van der Waals surface area (Å²) < 4.78 is 6.16. The lowest BCUT2D eigenvalue weighted by molar-refractivity contribution is -0.152. The van der Waals surface area contributed by atoms with E-state index in [0.717, 1.165) is 56.1 Å². The molecule has 0 spiro atoms. The first-order valence-corrected chi connectivity index (χ1v) is 14.1. The number of ketones is 2. The number of aliphatic hydroxyl groups excluding tert-OH is 1. The van der Waals surface area contributed by atoms with Crippen molar-refractivity contribution < 1.29 is 24.2 Å². The summed E-state index contributed by atoms with van der Waals surface area (Å²) in [5.41, 5.74) is 1.95. The Morgan fingerprint density at radius 2 is 1.86 bits per heavy atom. The fourth-order valence-electron chi connectivity index (χ4n) is 7.48. The van der Waals surface area contributed by atoms with Crippen molar-refractivity contribution in [3.63, 3.8) is 0 Å². The molecule has 4 aliphatic carbocycles. The van der Waals surface area contributed by atoms with Gasteiger partial charge in [-0.1, -0.05) is 64.3 Å². The van der Waals surface area contributed by atoms with Gasteiger partial charge in [0.05, 0.1) is 5.57 Å².